The largest absolute Gasteiger partial charge is 0.480 e. The third-order valence-electron chi connectivity index (χ3n) is 1.69. The molecule has 16 heavy (non-hydrogen) atoms. The molecule has 0 amide bonds. The molecule has 1 aromatic rings. The molecule has 0 aliphatic carbocycles. The molecular formula is C8H11NO5S2. The Bertz CT molecular complexity index is 439. The second-order valence-electron chi connectivity index (χ2n) is 2.90. The van der Waals surface area contributed by atoms with E-state index in [-0.39, 0.29) is 10.8 Å². The van der Waals surface area contributed by atoms with Gasteiger partial charge in [-0.25, -0.2) is 8.42 Å². The molecule has 8 heteroatoms. The standard InChI is InChI=1S/C8H11NO5S2/c1-14-5-6(8(10)11)9-16(12,13)7-3-2-4-15-7/h2-4,6,9H,5H2,1H3,(H,10,11). The van der Waals surface area contributed by atoms with E-state index in [9.17, 15) is 13.2 Å². The van der Waals surface area contributed by atoms with Gasteiger partial charge in [0, 0.05) is 7.11 Å². The van der Waals surface area contributed by atoms with Crippen LogP contribution in [-0.2, 0) is 19.6 Å². The van der Waals surface area contributed by atoms with E-state index in [0.29, 0.717) is 0 Å². The van der Waals surface area contributed by atoms with Gasteiger partial charge >= 0.3 is 5.97 Å². The van der Waals surface area contributed by atoms with E-state index in [0.717, 1.165) is 11.3 Å². The zero-order valence-corrected chi connectivity index (χ0v) is 10.0. The zero-order valence-electron chi connectivity index (χ0n) is 8.41. The van der Waals surface area contributed by atoms with Gasteiger partial charge in [-0.2, -0.15) is 4.72 Å². The molecule has 0 radical (unpaired) electrons. The summed E-state index contributed by atoms with van der Waals surface area (Å²) >= 11 is 1.02. The van der Waals surface area contributed by atoms with Gasteiger partial charge in [0.2, 0.25) is 0 Å². The third-order valence-corrected chi connectivity index (χ3v) is 4.56. The Morgan fingerprint density at radius 1 is 1.69 bits per heavy atom. The van der Waals surface area contributed by atoms with Crippen molar-refractivity contribution in [2.75, 3.05) is 13.7 Å². The number of rotatable bonds is 6. The molecule has 0 aliphatic rings. The fourth-order valence-electron chi connectivity index (χ4n) is 0.984. The summed E-state index contributed by atoms with van der Waals surface area (Å²) in [5, 5.41) is 10.4. The summed E-state index contributed by atoms with van der Waals surface area (Å²) < 4.78 is 30.1. The zero-order chi connectivity index (χ0) is 12.2. The number of hydrogen-bond donors (Lipinski definition) is 2. The van der Waals surface area contributed by atoms with E-state index in [1.54, 1.807) is 11.4 Å². The summed E-state index contributed by atoms with van der Waals surface area (Å²) in [4.78, 5) is 10.7. The summed E-state index contributed by atoms with van der Waals surface area (Å²) in [6, 6.07) is 1.70. The van der Waals surface area contributed by atoms with Crippen molar-refractivity contribution in [3.05, 3.63) is 17.5 Å². The SMILES string of the molecule is COCC(NS(=O)(=O)c1cccs1)C(=O)O. The van der Waals surface area contributed by atoms with Crippen molar-refractivity contribution in [3.63, 3.8) is 0 Å². The van der Waals surface area contributed by atoms with E-state index < -0.39 is 22.0 Å². The number of ether oxygens (including phenoxy) is 1. The molecule has 0 aliphatic heterocycles. The molecule has 0 bridgehead atoms. The highest BCUT2D eigenvalue weighted by Gasteiger charge is 2.25. The molecule has 1 heterocycles. The summed E-state index contributed by atoms with van der Waals surface area (Å²) in [5.74, 6) is -1.28. The lowest BCUT2D eigenvalue weighted by molar-refractivity contribution is -0.140. The maximum absolute atomic E-state index is 11.7. The van der Waals surface area contributed by atoms with Crippen molar-refractivity contribution < 1.29 is 23.1 Å². The first kappa shape index (κ1) is 13.1. The van der Waals surface area contributed by atoms with Crippen LogP contribution in [0.15, 0.2) is 21.7 Å². The maximum atomic E-state index is 11.7. The predicted molar refractivity (Wildman–Crippen MR) is 57.9 cm³/mol. The van der Waals surface area contributed by atoms with Crippen LogP contribution in [0.1, 0.15) is 0 Å². The number of aliphatic carboxylic acids is 1. The fraction of sp³-hybridized carbons (Fsp3) is 0.375. The van der Waals surface area contributed by atoms with Gasteiger partial charge in [-0.15, -0.1) is 11.3 Å². The normalized spacial score (nSPS) is 13.6. The minimum Gasteiger partial charge on any atom is -0.480 e. The van der Waals surface area contributed by atoms with Crippen molar-refractivity contribution in [3.8, 4) is 0 Å². The third kappa shape index (κ3) is 3.27. The van der Waals surface area contributed by atoms with Crippen LogP contribution in [-0.4, -0.2) is 39.3 Å². The van der Waals surface area contributed by atoms with Crippen LogP contribution < -0.4 is 4.72 Å². The van der Waals surface area contributed by atoms with Gasteiger partial charge in [-0.3, -0.25) is 4.79 Å². The highest BCUT2D eigenvalue weighted by atomic mass is 32.2. The molecule has 0 aromatic carbocycles. The minimum absolute atomic E-state index is 0.0786. The van der Waals surface area contributed by atoms with Crippen molar-refractivity contribution in [1.82, 2.24) is 4.72 Å². The first-order valence-electron chi connectivity index (χ1n) is 4.25. The molecule has 2 N–H and O–H groups in total. The highest BCUT2D eigenvalue weighted by molar-refractivity contribution is 7.91. The van der Waals surface area contributed by atoms with Gasteiger partial charge in [0.25, 0.3) is 10.0 Å². The first-order chi connectivity index (χ1) is 7.47. The Labute approximate surface area is 96.9 Å². The molecular weight excluding hydrogens is 254 g/mol. The number of nitrogens with one attached hydrogen (secondary N) is 1. The molecule has 0 saturated heterocycles. The number of carbonyl (C=O) groups is 1. The van der Waals surface area contributed by atoms with Crippen molar-refractivity contribution in [2.24, 2.45) is 0 Å². The lowest BCUT2D eigenvalue weighted by atomic mass is 10.3. The first-order valence-corrected chi connectivity index (χ1v) is 6.61. The van der Waals surface area contributed by atoms with Crippen molar-refractivity contribution in [2.45, 2.75) is 10.3 Å². The summed E-state index contributed by atoms with van der Waals surface area (Å²) in [6.07, 6.45) is 0. The minimum atomic E-state index is -3.78. The van der Waals surface area contributed by atoms with E-state index in [2.05, 4.69) is 9.46 Å². The van der Waals surface area contributed by atoms with E-state index >= 15 is 0 Å². The lowest BCUT2D eigenvalue weighted by Gasteiger charge is -2.12. The Morgan fingerprint density at radius 3 is 2.81 bits per heavy atom. The molecule has 90 valence electrons. The molecule has 0 spiro atoms. The fourth-order valence-corrected chi connectivity index (χ4v) is 3.17. The Kier molecular flexibility index (Phi) is 4.42. The van der Waals surface area contributed by atoms with Gasteiger partial charge in [0.05, 0.1) is 6.61 Å². The smallest absolute Gasteiger partial charge is 0.324 e. The van der Waals surface area contributed by atoms with Crippen LogP contribution in [0, 0.1) is 0 Å². The van der Waals surface area contributed by atoms with Crippen LogP contribution in [0.25, 0.3) is 0 Å². The Balaban J connectivity index is 2.82. The molecule has 6 nitrogen and oxygen atoms in total. The lowest BCUT2D eigenvalue weighted by Crippen LogP contribution is -2.43. The Hall–Kier alpha value is -0.960. The quantitative estimate of drug-likeness (QED) is 0.762. The number of carboxylic acids is 1. The van der Waals surface area contributed by atoms with Gasteiger partial charge in [-0.1, -0.05) is 6.07 Å². The van der Waals surface area contributed by atoms with Crippen LogP contribution in [0.3, 0.4) is 0 Å². The van der Waals surface area contributed by atoms with Gasteiger partial charge in [0.1, 0.15) is 10.3 Å². The number of carboxylic acid groups (broad SMARTS) is 1. The molecule has 0 fully saturated rings. The summed E-state index contributed by atoms with van der Waals surface area (Å²) in [5.41, 5.74) is 0. The molecule has 1 rings (SSSR count). The van der Waals surface area contributed by atoms with Crippen molar-refractivity contribution in [1.29, 1.82) is 0 Å². The van der Waals surface area contributed by atoms with Crippen molar-refractivity contribution >= 4 is 27.3 Å². The maximum Gasteiger partial charge on any atom is 0.324 e. The molecule has 1 atom stereocenters. The average Bonchev–Trinajstić information content (AvgIpc) is 2.69. The number of hydrogen-bond acceptors (Lipinski definition) is 5. The second-order valence-corrected chi connectivity index (χ2v) is 5.79. The molecule has 0 saturated carbocycles. The predicted octanol–water partition coefficient (Wildman–Crippen LogP) is 0.126. The molecule has 1 aromatic heterocycles. The van der Waals surface area contributed by atoms with Gasteiger partial charge in [0.15, 0.2) is 0 Å². The van der Waals surface area contributed by atoms with Crippen LogP contribution in [0.4, 0.5) is 0 Å². The topological polar surface area (TPSA) is 92.7 Å². The molecule has 1 unspecified atom stereocenters. The summed E-state index contributed by atoms with van der Waals surface area (Å²) in [7, 11) is -2.47. The van der Waals surface area contributed by atoms with E-state index in [1.807, 2.05) is 0 Å². The summed E-state index contributed by atoms with van der Waals surface area (Å²) in [6.45, 7) is -0.222. The van der Waals surface area contributed by atoms with E-state index in [1.165, 1.54) is 13.2 Å². The van der Waals surface area contributed by atoms with E-state index in [4.69, 9.17) is 5.11 Å². The second kappa shape index (κ2) is 5.39. The van der Waals surface area contributed by atoms with Crippen LogP contribution in [0.5, 0.6) is 0 Å². The van der Waals surface area contributed by atoms with Gasteiger partial charge < -0.3 is 9.84 Å². The average molecular weight is 265 g/mol. The van der Waals surface area contributed by atoms with Gasteiger partial charge in [-0.05, 0) is 11.4 Å². The highest BCUT2D eigenvalue weighted by Crippen LogP contribution is 2.15. The number of thiophene rings is 1. The monoisotopic (exact) mass is 265 g/mol. The van der Waals surface area contributed by atoms with Crippen LogP contribution >= 0.6 is 11.3 Å². The van der Waals surface area contributed by atoms with Crippen LogP contribution in [0.2, 0.25) is 0 Å². The number of methoxy groups -OCH3 is 1. The Morgan fingerprint density at radius 2 is 2.38 bits per heavy atom. The number of sulfonamides is 1.